The number of anilines is 1. The fourth-order valence-corrected chi connectivity index (χ4v) is 3.17. The van der Waals surface area contributed by atoms with Gasteiger partial charge in [0.2, 0.25) is 5.91 Å². The molecule has 0 bridgehead atoms. The Labute approximate surface area is 126 Å². The van der Waals surface area contributed by atoms with E-state index in [1.165, 1.54) is 23.2 Å². The van der Waals surface area contributed by atoms with Crippen LogP contribution in [-0.4, -0.2) is 31.7 Å². The van der Waals surface area contributed by atoms with Gasteiger partial charge < -0.3 is 15.4 Å². The summed E-state index contributed by atoms with van der Waals surface area (Å²) in [7, 11) is 0. The number of para-hydroxylation sites is 1. The molecular weight excluding hydrogens is 264 g/mol. The van der Waals surface area contributed by atoms with Crippen LogP contribution >= 0.6 is 0 Å². The molecule has 114 valence electrons. The molecule has 2 N–H and O–H groups in total. The van der Waals surface area contributed by atoms with Crippen molar-refractivity contribution in [2.75, 3.05) is 25.0 Å². The van der Waals surface area contributed by atoms with E-state index in [2.05, 4.69) is 28.8 Å². The van der Waals surface area contributed by atoms with E-state index < -0.39 is 0 Å². The van der Waals surface area contributed by atoms with Crippen molar-refractivity contribution >= 4 is 11.6 Å². The topological polar surface area (TPSA) is 50.4 Å². The van der Waals surface area contributed by atoms with Crippen LogP contribution in [0.1, 0.15) is 36.8 Å². The quantitative estimate of drug-likeness (QED) is 0.893. The van der Waals surface area contributed by atoms with Gasteiger partial charge in [0, 0.05) is 25.4 Å². The number of benzene rings is 1. The van der Waals surface area contributed by atoms with E-state index in [1.807, 2.05) is 0 Å². The molecule has 1 aromatic rings. The first-order valence-electron chi connectivity index (χ1n) is 8.08. The van der Waals surface area contributed by atoms with Gasteiger partial charge in [-0.25, -0.2) is 0 Å². The van der Waals surface area contributed by atoms with Crippen molar-refractivity contribution in [3.8, 4) is 0 Å². The Balaban J connectivity index is 1.52. The number of amides is 1. The van der Waals surface area contributed by atoms with Crippen LogP contribution in [0.15, 0.2) is 18.2 Å². The van der Waals surface area contributed by atoms with E-state index in [0.717, 1.165) is 38.6 Å². The SMILES string of the molecule is O=C(NCCc1cccc2c1NCCC2)C1CCCCO1. The molecule has 0 radical (unpaired) electrons. The third-order valence-corrected chi connectivity index (χ3v) is 4.33. The lowest BCUT2D eigenvalue weighted by molar-refractivity contribution is -0.135. The first-order chi connectivity index (χ1) is 10.3. The predicted molar refractivity (Wildman–Crippen MR) is 83.6 cm³/mol. The lowest BCUT2D eigenvalue weighted by Crippen LogP contribution is -2.39. The van der Waals surface area contributed by atoms with Crippen LogP contribution in [0.2, 0.25) is 0 Å². The summed E-state index contributed by atoms with van der Waals surface area (Å²) >= 11 is 0. The second-order valence-electron chi connectivity index (χ2n) is 5.88. The van der Waals surface area contributed by atoms with Crippen LogP contribution in [-0.2, 0) is 22.4 Å². The molecule has 4 heteroatoms. The Bertz CT molecular complexity index is 496. The molecule has 2 heterocycles. The minimum absolute atomic E-state index is 0.0486. The van der Waals surface area contributed by atoms with Crippen molar-refractivity contribution in [3.63, 3.8) is 0 Å². The van der Waals surface area contributed by atoms with E-state index in [-0.39, 0.29) is 12.0 Å². The molecule has 2 aliphatic rings. The van der Waals surface area contributed by atoms with Crippen molar-refractivity contribution in [2.45, 2.75) is 44.6 Å². The Morgan fingerprint density at radius 1 is 1.33 bits per heavy atom. The predicted octanol–water partition coefficient (Wildman–Crippen LogP) is 2.27. The number of carbonyl (C=O) groups excluding carboxylic acids is 1. The molecule has 1 atom stereocenters. The zero-order chi connectivity index (χ0) is 14.5. The lowest BCUT2D eigenvalue weighted by Gasteiger charge is -2.23. The van der Waals surface area contributed by atoms with Crippen molar-refractivity contribution in [3.05, 3.63) is 29.3 Å². The average molecular weight is 288 g/mol. The molecule has 4 nitrogen and oxygen atoms in total. The van der Waals surface area contributed by atoms with Gasteiger partial charge in [-0.2, -0.15) is 0 Å². The summed E-state index contributed by atoms with van der Waals surface area (Å²) in [6.45, 7) is 2.44. The molecule has 1 unspecified atom stereocenters. The van der Waals surface area contributed by atoms with E-state index in [9.17, 15) is 4.79 Å². The van der Waals surface area contributed by atoms with Gasteiger partial charge in [0.25, 0.3) is 0 Å². The van der Waals surface area contributed by atoms with Crippen molar-refractivity contribution < 1.29 is 9.53 Å². The van der Waals surface area contributed by atoms with Crippen molar-refractivity contribution in [2.24, 2.45) is 0 Å². The van der Waals surface area contributed by atoms with Gasteiger partial charge in [0.05, 0.1) is 0 Å². The van der Waals surface area contributed by atoms with Gasteiger partial charge in [-0.1, -0.05) is 18.2 Å². The van der Waals surface area contributed by atoms with Crippen LogP contribution in [0.3, 0.4) is 0 Å². The normalized spacial score (nSPS) is 21.2. The minimum atomic E-state index is -0.235. The molecule has 2 aliphatic heterocycles. The molecule has 1 fully saturated rings. The van der Waals surface area contributed by atoms with Gasteiger partial charge in [-0.3, -0.25) is 4.79 Å². The molecule has 1 aromatic carbocycles. The highest BCUT2D eigenvalue weighted by Gasteiger charge is 2.21. The molecule has 1 saturated heterocycles. The summed E-state index contributed by atoms with van der Waals surface area (Å²) in [5, 5.41) is 6.51. The fourth-order valence-electron chi connectivity index (χ4n) is 3.17. The zero-order valence-electron chi connectivity index (χ0n) is 12.5. The summed E-state index contributed by atoms with van der Waals surface area (Å²) in [4.78, 5) is 12.0. The standard InChI is InChI=1S/C17H24N2O2/c20-17(15-8-1-2-12-21-15)19-11-9-14-6-3-5-13-7-4-10-18-16(13)14/h3,5-6,15,18H,1-2,4,7-12H2,(H,19,20). The first kappa shape index (κ1) is 14.4. The largest absolute Gasteiger partial charge is 0.385 e. The molecule has 0 spiro atoms. The van der Waals surface area contributed by atoms with E-state index in [4.69, 9.17) is 4.74 Å². The number of rotatable bonds is 4. The third kappa shape index (κ3) is 3.56. The highest BCUT2D eigenvalue weighted by Crippen LogP contribution is 2.26. The van der Waals surface area contributed by atoms with Gasteiger partial charge >= 0.3 is 0 Å². The van der Waals surface area contributed by atoms with Gasteiger partial charge in [-0.15, -0.1) is 0 Å². The second kappa shape index (κ2) is 6.94. The highest BCUT2D eigenvalue weighted by atomic mass is 16.5. The van der Waals surface area contributed by atoms with Crippen LogP contribution in [0.25, 0.3) is 0 Å². The van der Waals surface area contributed by atoms with Crippen LogP contribution in [0.5, 0.6) is 0 Å². The van der Waals surface area contributed by atoms with Crippen LogP contribution in [0, 0.1) is 0 Å². The number of carbonyl (C=O) groups is 1. The average Bonchev–Trinajstić information content (AvgIpc) is 2.56. The van der Waals surface area contributed by atoms with Gasteiger partial charge in [0.15, 0.2) is 0 Å². The van der Waals surface area contributed by atoms with Crippen LogP contribution in [0.4, 0.5) is 5.69 Å². The van der Waals surface area contributed by atoms with Crippen molar-refractivity contribution in [1.82, 2.24) is 5.32 Å². The van der Waals surface area contributed by atoms with Gasteiger partial charge in [0.1, 0.15) is 6.10 Å². The second-order valence-corrected chi connectivity index (χ2v) is 5.88. The minimum Gasteiger partial charge on any atom is -0.385 e. The van der Waals surface area contributed by atoms with E-state index in [1.54, 1.807) is 0 Å². The monoisotopic (exact) mass is 288 g/mol. The zero-order valence-corrected chi connectivity index (χ0v) is 12.5. The Hall–Kier alpha value is -1.55. The first-order valence-corrected chi connectivity index (χ1v) is 8.08. The number of hydrogen-bond acceptors (Lipinski definition) is 3. The Morgan fingerprint density at radius 3 is 3.14 bits per heavy atom. The molecular formula is C17H24N2O2. The maximum Gasteiger partial charge on any atom is 0.249 e. The summed E-state index contributed by atoms with van der Waals surface area (Å²) in [6.07, 6.45) is 6.01. The summed E-state index contributed by atoms with van der Waals surface area (Å²) in [6, 6.07) is 6.47. The molecule has 1 amide bonds. The number of nitrogens with one attached hydrogen (secondary N) is 2. The summed E-state index contributed by atoms with van der Waals surface area (Å²) < 4.78 is 5.51. The third-order valence-electron chi connectivity index (χ3n) is 4.33. The van der Waals surface area contributed by atoms with E-state index >= 15 is 0 Å². The molecule has 0 aromatic heterocycles. The highest BCUT2D eigenvalue weighted by molar-refractivity contribution is 5.80. The lowest BCUT2D eigenvalue weighted by atomic mass is 9.98. The number of aryl methyl sites for hydroxylation is 1. The van der Waals surface area contributed by atoms with Gasteiger partial charge in [-0.05, 0) is 49.7 Å². The number of ether oxygens (including phenoxy) is 1. The molecule has 21 heavy (non-hydrogen) atoms. The number of hydrogen-bond donors (Lipinski definition) is 2. The maximum absolute atomic E-state index is 12.0. The molecule has 0 aliphatic carbocycles. The Kier molecular flexibility index (Phi) is 4.76. The fraction of sp³-hybridized carbons (Fsp3) is 0.588. The van der Waals surface area contributed by atoms with E-state index in [0.29, 0.717) is 13.2 Å². The Morgan fingerprint density at radius 2 is 2.29 bits per heavy atom. The maximum atomic E-state index is 12.0. The van der Waals surface area contributed by atoms with Crippen molar-refractivity contribution in [1.29, 1.82) is 0 Å². The van der Waals surface area contributed by atoms with Crippen LogP contribution < -0.4 is 10.6 Å². The molecule has 0 saturated carbocycles. The smallest absolute Gasteiger partial charge is 0.249 e. The number of fused-ring (bicyclic) bond motifs is 1. The summed E-state index contributed by atoms with van der Waals surface area (Å²) in [5.41, 5.74) is 3.99. The molecule has 3 rings (SSSR count). The summed E-state index contributed by atoms with van der Waals surface area (Å²) in [5.74, 6) is 0.0486.